The van der Waals surface area contributed by atoms with E-state index in [1.54, 1.807) is 12.0 Å². The lowest BCUT2D eigenvalue weighted by atomic mass is 10.0. The Labute approximate surface area is 135 Å². The van der Waals surface area contributed by atoms with Crippen LogP contribution in [0.25, 0.3) is 0 Å². The molecule has 2 fully saturated rings. The average Bonchev–Trinajstić information content (AvgIpc) is 2.78. The summed E-state index contributed by atoms with van der Waals surface area (Å²) in [5.74, 6) is 0.563. The number of benzene rings is 1. The number of amides is 2. The van der Waals surface area contributed by atoms with E-state index in [-0.39, 0.29) is 30.1 Å². The van der Waals surface area contributed by atoms with Crippen LogP contribution >= 0.6 is 12.4 Å². The van der Waals surface area contributed by atoms with Crippen molar-refractivity contribution in [3.8, 4) is 5.75 Å². The molecule has 1 aromatic carbocycles. The molecular weight excluding hydrogens is 306 g/mol. The van der Waals surface area contributed by atoms with Gasteiger partial charge in [0.25, 0.3) is 0 Å². The third-order valence-corrected chi connectivity index (χ3v) is 4.05. The van der Waals surface area contributed by atoms with E-state index >= 15 is 0 Å². The number of hydrogen-bond acceptors (Lipinski definition) is 4. The summed E-state index contributed by atoms with van der Waals surface area (Å²) in [4.78, 5) is 26.1. The standard InChI is InChI=1S/C15H19N3O3.ClH/c1-21-13-5-3-2-4-12(13)18-7-6-11(15(18)20)17-14(19)10-8-16-9-10;/h2-5,10-11,16H,6-9H2,1H3,(H,17,19);1H. The van der Waals surface area contributed by atoms with Crippen molar-refractivity contribution in [2.24, 2.45) is 5.92 Å². The smallest absolute Gasteiger partial charge is 0.249 e. The first kappa shape index (κ1) is 16.6. The Morgan fingerprint density at radius 3 is 2.73 bits per heavy atom. The minimum Gasteiger partial charge on any atom is -0.495 e. The van der Waals surface area contributed by atoms with Crippen molar-refractivity contribution < 1.29 is 14.3 Å². The van der Waals surface area contributed by atoms with Crippen LogP contribution in [0, 0.1) is 5.92 Å². The second kappa shape index (κ2) is 6.98. The fourth-order valence-electron chi connectivity index (χ4n) is 2.67. The number of nitrogens with one attached hydrogen (secondary N) is 2. The van der Waals surface area contributed by atoms with Gasteiger partial charge in [0.1, 0.15) is 11.8 Å². The van der Waals surface area contributed by atoms with Crippen molar-refractivity contribution in [3.05, 3.63) is 24.3 Å². The third-order valence-electron chi connectivity index (χ3n) is 4.05. The molecule has 2 saturated heterocycles. The molecule has 2 N–H and O–H groups in total. The van der Waals surface area contributed by atoms with E-state index in [2.05, 4.69) is 10.6 Å². The molecule has 22 heavy (non-hydrogen) atoms. The van der Waals surface area contributed by atoms with Crippen molar-refractivity contribution in [3.63, 3.8) is 0 Å². The van der Waals surface area contributed by atoms with Crippen molar-refractivity contribution in [2.75, 3.05) is 31.6 Å². The van der Waals surface area contributed by atoms with Gasteiger partial charge in [-0.3, -0.25) is 9.59 Å². The molecule has 2 amide bonds. The van der Waals surface area contributed by atoms with Crippen LogP contribution in [-0.2, 0) is 9.59 Å². The lowest BCUT2D eigenvalue weighted by Crippen LogP contribution is -2.54. The van der Waals surface area contributed by atoms with Crippen LogP contribution in [-0.4, -0.2) is 44.6 Å². The number of rotatable bonds is 4. The Kier molecular flexibility index (Phi) is 5.26. The summed E-state index contributed by atoms with van der Waals surface area (Å²) in [6, 6.07) is 7.00. The molecule has 1 atom stereocenters. The van der Waals surface area contributed by atoms with E-state index < -0.39 is 6.04 Å². The van der Waals surface area contributed by atoms with Gasteiger partial charge in [-0.15, -0.1) is 12.4 Å². The van der Waals surface area contributed by atoms with Crippen LogP contribution < -0.4 is 20.3 Å². The fourth-order valence-corrected chi connectivity index (χ4v) is 2.67. The lowest BCUT2D eigenvalue weighted by molar-refractivity contribution is -0.130. The molecule has 0 aliphatic carbocycles. The number of carbonyl (C=O) groups excluding carboxylic acids is 2. The fraction of sp³-hybridized carbons (Fsp3) is 0.467. The number of para-hydroxylation sites is 2. The maximum atomic E-state index is 12.5. The molecule has 6 nitrogen and oxygen atoms in total. The highest BCUT2D eigenvalue weighted by atomic mass is 35.5. The number of methoxy groups -OCH3 is 1. The number of hydrogen-bond donors (Lipinski definition) is 2. The zero-order valence-corrected chi connectivity index (χ0v) is 13.2. The highest BCUT2D eigenvalue weighted by Gasteiger charge is 2.36. The molecule has 0 saturated carbocycles. The van der Waals surface area contributed by atoms with Crippen LogP contribution in [0.5, 0.6) is 5.75 Å². The molecule has 2 aliphatic heterocycles. The summed E-state index contributed by atoms with van der Waals surface area (Å²) >= 11 is 0. The number of ether oxygens (including phenoxy) is 1. The first-order valence-electron chi connectivity index (χ1n) is 7.16. The van der Waals surface area contributed by atoms with Gasteiger partial charge >= 0.3 is 0 Å². The summed E-state index contributed by atoms with van der Waals surface area (Å²) in [7, 11) is 1.59. The molecule has 2 heterocycles. The Morgan fingerprint density at radius 1 is 1.36 bits per heavy atom. The van der Waals surface area contributed by atoms with Gasteiger partial charge < -0.3 is 20.3 Å². The van der Waals surface area contributed by atoms with Crippen molar-refractivity contribution >= 4 is 29.9 Å². The maximum absolute atomic E-state index is 12.5. The Morgan fingerprint density at radius 2 is 2.09 bits per heavy atom. The molecule has 1 aromatic rings. The minimum atomic E-state index is -0.428. The van der Waals surface area contributed by atoms with E-state index in [0.717, 1.165) is 5.69 Å². The van der Waals surface area contributed by atoms with Crippen LogP contribution in [0.1, 0.15) is 6.42 Å². The van der Waals surface area contributed by atoms with Crippen molar-refractivity contribution in [1.82, 2.24) is 10.6 Å². The van der Waals surface area contributed by atoms with Gasteiger partial charge in [-0.05, 0) is 18.6 Å². The van der Waals surface area contributed by atoms with E-state index in [1.165, 1.54) is 0 Å². The number of nitrogens with zero attached hydrogens (tertiary/aromatic N) is 1. The largest absolute Gasteiger partial charge is 0.495 e. The predicted molar refractivity (Wildman–Crippen MR) is 85.5 cm³/mol. The van der Waals surface area contributed by atoms with Gasteiger partial charge in [-0.2, -0.15) is 0 Å². The predicted octanol–water partition coefficient (Wildman–Crippen LogP) is 0.558. The molecule has 3 rings (SSSR count). The molecular formula is C15H20ClN3O3. The monoisotopic (exact) mass is 325 g/mol. The summed E-state index contributed by atoms with van der Waals surface area (Å²) in [5.41, 5.74) is 0.757. The number of halogens is 1. The van der Waals surface area contributed by atoms with E-state index in [9.17, 15) is 9.59 Å². The summed E-state index contributed by atoms with van der Waals surface area (Å²) in [6.07, 6.45) is 0.628. The highest BCUT2D eigenvalue weighted by molar-refractivity contribution is 6.02. The summed E-state index contributed by atoms with van der Waals surface area (Å²) < 4.78 is 5.30. The molecule has 0 bridgehead atoms. The third kappa shape index (κ3) is 3.03. The molecule has 1 unspecified atom stereocenters. The molecule has 2 aliphatic rings. The first-order chi connectivity index (χ1) is 10.2. The maximum Gasteiger partial charge on any atom is 0.249 e. The van der Waals surface area contributed by atoms with E-state index in [1.807, 2.05) is 24.3 Å². The Balaban J connectivity index is 0.00000176. The number of carbonyl (C=O) groups is 2. The zero-order valence-electron chi connectivity index (χ0n) is 12.4. The Bertz CT molecular complexity index is 563. The van der Waals surface area contributed by atoms with Crippen molar-refractivity contribution in [1.29, 1.82) is 0 Å². The molecule has 120 valence electrons. The quantitative estimate of drug-likeness (QED) is 0.848. The Hall–Kier alpha value is -1.79. The van der Waals surface area contributed by atoms with Crippen LogP contribution in [0.3, 0.4) is 0 Å². The first-order valence-corrected chi connectivity index (χ1v) is 7.16. The van der Waals surface area contributed by atoms with Gasteiger partial charge in [0.15, 0.2) is 0 Å². The highest BCUT2D eigenvalue weighted by Crippen LogP contribution is 2.31. The second-order valence-corrected chi connectivity index (χ2v) is 5.37. The number of anilines is 1. The van der Waals surface area contributed by atoms with Crippen LogP contribution in [0.2, 0.25) is 0 Å². The molecule has 0 radical (unpaired) electrons. The molecule has 7 heteroatoms. The zero-order chi connectivity index (χ0) is 14.8. The van der Waals surface area contributed by atoms with Crippen LogP contribution in [0.4, 0.5) is 5.69 Å². The van der Waals surface area contributed by atoms with Gasteiger partial charge in [0.05, 0.1) is 18.7 Å². The summed E-state index contributed by atoms with van der Waals surface area (Å²) in [6.45, 7) is 1.99. The lowest BCUT2D eigenvalue weighted by Gasteiger charge is -2.27. The van der Waals surface area contributed by atoms with Gasteiger partial charge in [-0.25, -0.2) is 0 Å². The van der Waals surface area contributed by atoms with E-state index in [0.29, 0.717) is 31.8 Å². The average molecular weight is 326 g/mol. The molecule has 0 spiro atoms. The molecule has 0 aromatic heterocycles. The van der Waals surface area contributed by atoms with E-state index in [4.69, 9.17) is 4.74 Å². The van der Waals surface area contributed by atoms with Gasteiger partial charge in [-0.1, -0.05) is 12.1 Å². The van der Waals surface area contributed by atoms with Crippen molar-refractivity contribution in [2.45, 2.75) is 12.5 Å². The normalized spacial score (nSPS) is 21.0. The minimum absolute atomic E-state index is 0. The summed E-state index contributed by atoms with van der Waals surface area (Å²) in [5, 5.41) is 5.91. The van der Waals surface area contributed by atoms with Gasteiger partial charge in [0, 0.05) is 19.6 Å². The topological polar surface area (TPSA) is 70.7 Å². The SMILES string of the molecule is COc1ccccc1N1CCC(NC(=O)C2CNC2)C1=O.Cl. The van der Waals surface area contributed by atoms with Gasteiger partial charge in [0.2, 0.25) is 11.8 Å². The second-order valence-electron chi connectivity index (χ2n) is 5.37. The van der Waals surface area contributed by atoms with Crippen LogP contribution in [0.15, 0.2) is 24.3 Å².